The Morgan fingerprint density at radius 1 is 1.21 bits per heavy atom. The summed E-state index contributed by atoms with van der Waals surface area (Å²) in [5.74, 6) is 0. The Morgan fingerprint density at radius 2 is 2.11 bits per heavy atom. The highest BCUT2D eigenvalue weighted by molar-refractivity contribution is 6.02. The summed E-state index contributed by atoms with van der Waals surface area (Å²) in [6.45, 7) is 3.02. The topological polar surface area (TPSA) is 24.4 Å². The van der Waals surface area contributed by atoms with Gasteiger partial charge in [-0.25, -0.2) is 0 Å². The van der Waals surface area contributed by atoms with Gasteiger partial charge in [0.05, 0.1) is 0 Å². The van der Waals surface area contributed by atoms with Crippen molar-refractivity contribution in [1.82, 2.24) is 5.32 Å². The van der Waals surface area contributed by atoms with Crippen LogP contribution in [0.15, 0.2) is 35.0 Å². The number of aryl methyl sites for hydroxylation is 1. The van der Waals surface area contributed by atoms with Crippen LogP contribution in [0.5, 0.6) is 0 Å². The smallest absolute Gasteiger partial charge is 0.107 e. The lowest BCUT2D eigenvalue weighted by atomic mass is 9.68. The highest BCUT2D eigenvalue weighted by Gasteiger charge is 2.43. The molecule has 1 atom stereocenters. The SMILES string of the molecule is Cc1cccc2c1CCC21CCC2=CNCN=C2C1. The Bertz CT molecular complexity index is 597. The van der Waals surface area contributed by atoms with Gasteiger partial charge in [-0.05, 0) is 61.3 Å². The highest BCUT2D eigenvalue weighted by Crippen LogP contribution is 2.49. The minimum absolute atomic E-state index is 0.384. The first-order valence-corrected chi connectivity index (χ1v) is 7.34. The van der Waals surface area contributed by atoms with Gasteiger partial charge in [-0.15, -0.1) is 0 Å². The summed E-state index contributed by atoms with van der Waals surface area (Å²) < 4.78 is 0. The molecule has 1 aromatic carbocycles. The monoisotopic (exact) mass is 252 g/mol. The van der Waals surface area contributed by atoms with Gasteiger partial charge in [0.2, 0.25) is 0 Å². The molecule has 2 nitrogen and oxygen atoms in total. The molecule has 1 unspecified atom stereocenters. The van der Waals surface area contributed by atoms with Crippen LogP contribution in [0.3, 0.4) is 0 Å². The van der Waals surface area contributed by atoms with E-state index in [0.29, 0.717) is 5.41 Å². The van der Waals surface area contributed by atoms with Crippen LogP contribution in [0.2, 0.25) is 0 Å². The van der Waals surface area contributed by atoms with E-state index in [-0.39, 0.29) is 0 Å². The van der Waals surface area contributed by atoms with Crippen LogP contribution >= 0.6 is 0 Å². The molecule has 0 aromatic heterocycles. The first-order chi connectivity index (χ1) is 9.28. The molecule has 1 N–H and O–H groups in total. The van der Waals surface area contributed by atoms with Gasteiger partial charge in [0.25, 0.3) is 0 Å². The Hall–Kier alpha value is -1.57. The van der Waals surface area contributed by atoms with Gasteiger partial charge in [-0.2, -0.15) is 0 Å². The molecule has 1 fully saturated rings. The lowest BCUT2D eigenvalue weighted by Gasteiger charge is -2.37. The molecule has 19 heavy (non-hydrogen) atoms. The van der Waals surface area contributed by atoms with Crippen LogP contribution in [0.1, 0.15) is 42.4 Å². The second-order valence-corrected chi connectivity index (χ2v) is 6.19. The molecule has 1 spiro atoms. The Balaban J connectivity index is 1.76. The second kappa shape index (κ2) is 3.96. The van der Waals surface area contributed by atoms with Gasteiger partial charge in [0.15, 0.2) is 0 Å². The lowest BCUT2D eigenvalue weighted by molar-refractivity contribution is 0.390. The predicted molar refractivity (Wildman–Crippen MR) is 78.5 cm³/mol. The molecule has 1 saturated carbocycles. The predicted octanol–water partition coefficient (Wildman–Crippen LogP) is 3.25. The van der Waals surface area contributed by atoms with Crippen molar-refractivity contribution in [3.63, 3.8) is 0 Å². The molecule has 0 saturated heterocycles. The van der Waals surface area contributed by atoms with Crippen molar-refractivity contribution in [2.75, 3.05) is 6.67 Å². The third kappa shape index (κ3) is 1.59. The van der Waals surface area contributed by atoms with E-state index in [0.717, 1.165) is 13.1 Å². The number of hydrogen-bond donors (Lipinski definition) is 1. The van der Waals surface area contributed by atoms with Crippen LogP contribution in [-0.2, 0) is 11.8 Å². The van der Waals surface area contributed by atoms with E-state index < -0.39 is 0 Å². The number of hydrogen-bond acceptors (Lipinski definition) is 2. The number of benzene rings is 1. The van der Waals surface area contributed by atoms with Crippen LogP contribution < -0.4 is 5.32 Å². The van der Waals surface area contributed by atoms with Crippen molar-refractivity contribution in [3.05, 3.63) is 46.7 Å². The van der Waals surface area contributed by atoms with E-state index in [1.54, 1.807) is 11.1 Å². The maximum atomic E-state index is 4.70. The number of aliphatic imine (C=N–C) groups is 1. The van der Waals surface area contributed by atoms with Crippen molar-refractivity contribution in [3.8, 4) is 0 Å². The molecule has 0 bridgehead atoms. The summed E-state index contributed by atoms with van der Waals surface area (Å²) in [5.41, 5.74) is 7.90. The fraction of sp³-hybridized carbons (Fsp3) is 0.471. The van der Waals surface area contributed by atoms with Crippen molar-refractivity contribution >= 4 is 5.71 Å². The van der Waals surface area contributed by atoms with E-state index >= 15 is 0 Å². The Morgan fingerprint density at radius 3 is 3.05 bits per heavy atom. The first kappa shape index (κ1) is 11.3. The summed E-state index contributed by atoms with van der Waals surface area (Å²) in [4.78, 5) is 4.70. The number of nitrogens with zero attached hydrogens (tertiary/aromatic N) is 1. The molecular weight excluding hydrogens is 232 g/mol. The quantitative estimate of drug-likeness (QED) is 0.753. The van der Waals surface area contributed by atoms with Gasteiger partial charge in [0, 0.05) is 17.3 Å². The Kier molecular flexibility index (Phi) is 2.35. The minimum atomic E-state index is 0.384. The van der Waals surface area contributed by atoms with Crippen molar-refractivity contribution in [2.24, 2.45) is 4.99 Å². The molecule has 1 heterocycles. The van der Waals surface area contributed by atoms with Gasteiger partial charge in [-0.1, -0.05) is 18.2 Å². The third-order valence-corrected chi connectivity index (χ3v) is 5.22. The van der Waals surface area contributed by atoms with Gasteiger partial charge < -0.3 is 5.32 Å². The van der Waals surface area contributed by atoms with Crippen LogP contribution in [0, 0.1) is 6.92 Å². The van der Waals surface area contributed by atoms with Crippen molar-refractivity contribution in [1.29, 1.82) is 0 Å². The number of fused-ring (bicyclic) bond motifs is 3. The zero-order chi connectivity index (χ0) is 12.9. The zero-order valence-electron chi connectivity index (χ0n) is 11.5. The fourth-order valence-electron chi connectivity index (χ4n) is 4.14. The molecule has 2 heteroatoms. The maximum Gasteiger partial charge on any atom is 0.107 e. The number of nitrogens with one attached hydrogen (secondary N) is 1. The van der Waals surface area contributed by atoms with E-state index in [2.05, 4.69) is 36.6 Å². The summed E-state index contributed by atoms with van der Waals surface area (Å²) >= 11 is 0. The van der Waals surface area contributed by atoms with Crippen molar-refractivity contribution in [2.45, 2.75) is 44.4 Å². The average molecular weight is 252 g/mol. The summed E-state index contributed by atoms with van der Waals surface area (Å²) in [6, 6.07) is 6.86. The van der Waals surface area contributed by atoms with E-state index in [1.807, 2.05) is 0 Å². The third-order valence-electron chi connectivity index (χ3n) is 5.22. The van der Waals surface area contributed by atoms with Crippen LogP contribution in [0.4, 0.5) is 0 Å². The van der Waals surface area contributed by atoms with Crippen LogP contribution in [0.25, 0.3) is 0 Å². The molecule has 0 amide bonds. The largest absolute Gasteiger partial charge is 0.372 e. The van der Waals surface area contributed by atoms with Gasteiger partial charge in [-0.3, -0.25) is 4.99 Å². The lowest BCUT2D eigenvalue weighted by Crippen LogP contribution is -2.35. The van der Waals surface area contributed by atoms with Gasteiger partial charge in [0.1, 0.15) is 6.67 Å². The van der Waals surface area contributed by atoms with E-state index in [4.69, 9.17) is 4.99 Å². The fourth-order valence-corrected chi connectivity index (χ4v) is 4.14. The molecule has 4 rings (SSSR count). The minimum Gasteiger partial charge on any atom is -0.372 e. The molecular formula is C17H20N2. The van der Waals surface area contributed by atoms with Crippen LogP contribution in [-0.4, -0.2) is 12.4 Å². The molecule has 3 aliphatic rings. The number of rotatable bonds is 0. The molecule has 2 aliphatic carbocycles. The van der Waals surface area contributed by atoms with E-state index in [1.165, 1.54) is 42.5 Å². The summed E-state index contributed by atoms with van der Waals surface area (Å²) in [7, 11) is 0. The van der Waals surface area contributed by atoms with Crippen molar-refractivity contribution < 1.29 is 0 Å². The maximum absolute atomic E-state index is 4.70. The molecule has 98 valence electrons. The summed E-state index contributed by atoms with van der Waals surface area (Å²) in [6.07, 6.45) is 8.37. The highest BCUT2D eigenvalue weighted by atomic mass is 15.0. The van der Waals surface area contributed by atoms with Gasteiger partial charge >= 0.3 is 0 Å². The molecule has 1 aliphatic heterocycles. The zero-order valence-corrected chi connectivity index (χ0v) is 11.5. The summed E-state index contributed by atoms with van der Waals surface area (Å²) in [5, 5.41) is 3.24. The first-order valence-electron chi connectivity index (χ1n) is 7.34. The Labute approximate surface area is 114 Å². The second-order valence-electron chi connectivity index (χ2n) is 6.19. The molecule has 0 radical (unpaired) electrons. The standard InChI is InChI=1S/C17H20N2/c1-12-3-2-4-15-14(12)6-8-17(15)7-5-13-10-18-11-19-16(13)9-17/h2-4,10,18H,5-9,11H2,1H3. The molecule has 1 aromatic rings. The normalized spacial score (nSPS) is 28.3. The average Bonchev–Trinajstić information content (AvgIpc) is 2.79. The number of allylic oxidation sites excluding steroid dienone is 1. The van der Waals surface area contributed by atoms with E-state index in [9.17, 15) is 0 Å².